The van der Waals surface area contributed by atoms with Gasteiger partial charge >= 0.3 is 0 Å². The van der Waals surface area contributed by atoms with E-state index in [1.54, 1.807) is 0 Å². The van der Waals surface area contributed by atoms with Crippen molar-refractivity contribution < 1.29 is 4.79 Å². The number of piperidine rings is 1. The highest BCUT2D eigenvalue weighted by Gasteiger charge is 2.15. The first kappa shape index (κ1) is 16.3. The van der Waals surface area contributed by atoms with Crippen LogP contribution in [0.25, 0.3) is 0 Å². The summed E-state index contributed by atoms with van der Waals surface area (Å²) >= 11 is 6.15. The average molecular weight is 309 g/mol. The summed E-state index contributed by atoms with van der Waals surface area (Å²) in [6.45, 7) is 3.12. The van der Waals surface area contributed by atoms with Gasteiger partial charge in [-0.15, -0.1) is 0 Å². The number of carbonyl (C=O) groups is 1. The molecule has 2 rings (SSSR count). The Kier molecular flexibility index (Phi) is 6.52. The summed E-state index contributed by atoms with van der Waals surface area (Å²) in [6.07, 6.45) is 6.05. The van der Waals surface area contributed by atoms with Gasteiger partial charge in [-0.05, 0) is 50.8 Å². The summed E-state index contributed by atoms with van der Waals surface area (Å²) in [5.74, 6) is 0.141. The third kappa shape index (κ3) is 5.68. The molecule has 1 saturated heterocycles. The lowest BCUT2D eigenvalue weighted by molar-refractivity contribution is -0.121. The van der Waals surface area contributed by atoms with Gasteiger partial charge in [0.25, 0.3) is 0 Å². The van der Waals surface area contributed by atoms with E-state index in [1.165, 1.54) is 19.3 Å². The molecule has 0 saturated carbocycles. The van der Waals surface area contributed by atoms with Crippen molar-refractivity contribution in [2.75, 3.05) is 6.54 Å². The van der Waals surface area contributed by atoms with Crippen LogP contribution in [0, 0.1) is 0 Å². The maximum absolute atomic E-state index is 12.0. The van der Waals surface area contributed by atoms with E-state index in [2.05, 4.69) is 10.6 Å². The van der Waals surface area contributed by atoms with Gasteiger partial charge in [0.05, 0.1) is 0 Å². The van der Waals surface area contributed by atoms with Crippen molar-refractivity contribution in [3.05, 3.63) is 34.9 Å². The molecular formula is C17H25ClN2O. The van der Waals surface area contributed by atoms with Crippen LogP contribution in [0.15, 0.2) is 24.3 Å². The third-order valence-electron chi connectivity index (χ3n) is 4.02. The fourth-order valence-corrected chi connectivity index (χ4v) is 3.08. The average Bonchev–Trinajstić information content (AvgIpc) is 2.48. The highest BCUT2D eigenvalue weighted by molar-refractivity contribution is 6.31. The molecule has 4 heteroatoms. The van der Waals surface area contributed by atoms with E-state index in [1.807, 2.05) is 31.2 Å². The van der Waals surface area contributed by atoms with Crippen LogP contribution in [-0.2, 0) is 11.2 Å². The molecular weight excluding hydrogens is 284 g/mol. The largest absolute Gasteiger partial charge is 0.353 e. The topological polar surface area (TPSA) is 41.1 Å². The quantitative estimate of drug-likeness (QED) is 0.846. The molecule has 1 amide bonds. The van der Waals surface area contributed by atoms with Gasteiger partial charge in [-0.2, -0.15) is 0 Å². The first-order valence-electron chi connectivity index (χ1n) is 7.91. The zero-order valence-electron chi connectivity index (χ0n) is 12.7. The second-order valence-corrected chi connectivity index (χ2v) is 6.36. The lowest BCUT2D eigenvalue weighted by atomic mass is 10.0. The van der Waals surface area contributed by atoms with Crippen molar-refractivity contribution in [1.29, 1.82) is 0 Å². The summed E-state index contributed by atoms with van der Waals surface area (Å²) in [5, 5.41) is 7.32. The van der Waals surface area contributed by atoms with Gasteiger partial charge in [0, 0.05) is 23.5 Å². The van der Waals surface area contributed by atoms with Crippen molar-refractivity contribution in [3.63, 3.8) is 0 Å². The minimum Gasteiger partial charge on any atom is -0.353 e. The van der Waals surface area contributed by atoms with Crippen LogP contribution < -0.4 is 10.6 Å². The number of amides is 1. The Labute approximate surface area is 132 Å². The number of hydrogen-bond acceptors (Lipinski definition) is 2. The highest BCUT2D eigenvalue weighted by Crippen LogP contribution is 2.17. The van der Waals surface area contributed by atoms with Crippen LogP contribution in [0.5, 0.6) is 0 Å². The summed E-state index contributed by atoms with van der Waals surface area (Å²) in [6, 6.07) is 8.42. The molecule has 0 aromatic heterocycles. The standard InChI is InChI=1S/C17H25ClN2O/c1-13(12-14-6-2-3-8-16(14)18)20-17(21)10-9-15-7-4-5-11-19-15/h2-3,6,8,13,15,19H,4-5,7,9-12H2,1H3,(H,20,21). The van der Waals surface area contributed by atoms with Gasteiger partial charge < -0.3 is 10.6 Å². The zero-order valence-corrected chi connectivity index (χ0v) is 13.5. The van der Waals surface area contributed by atoms with Gasteiger partial charge in [-0.25, -0.2) is 0 Å². The van der Waals surface area contributed by atoms with Crippen LogP contribution >= 0.6 is 11.6 Å². The van der Waals surface area contributed by atoms with E-state index < -0.39 is 0 Å². The fraction of sp³-hybridized carbons (Fsp3) is 0.588. The Morgan fingerprint density at radius 3 is 2.95 bits per heavy atom. The van der Waals surface area contributed by atoms with Gasteiger partial charge in [0.2, 0.25) is 5.91 Å². The summed E-state index contributed by atoms with van der Waals surface area (Å²) < 4.78 is 0. The van der Waals surface area contributed by atoms with Crippen LogP contribution in [0.1, 0.15) is 44.6 Å². The maximum atomic E-state index is 12.0. The van der Waals surface area contributed by atoms with E-state index in [0.717, 1.165) is 30.0 Å². The number of nitrogens with one attached hydrogen (secondary N) is 2. The Morgan fingerprint density at radius 1 is 1.43 bits per heavy atom. The predicted octanol–water partition coefficient (Wildman–Crippen LogP) is 3.31. The lowest BCUT2D eigenvalue weighted by Gasteiger charge is -2.23. The predicted molar refractivity (Wildman–Crippen MR) is 87.6 cm³/mol. The molecule has 3 nitrogen and oxygen atoms in total. The Morgan fingerprint density at radius 2 is 2.24 bits per heavy atom. The molecule has 2 unspecified atom stereocenters. The molecule has 1 aromatic rings. The molecule has 0 spiro atoms. The van der Waals surface area contributed by atoms with E-state index >= 15 is 0 Å². The molecule has 1 fully saturated rings. The monoisotopic (exact) mass is 308 g/mol. The van der Waals surface area contributed by atoms with Crippen molar-refractivity contribution in [2.24, 2.45) is 0 Å². The molecule has 21 heavy (non-hydrogen) atoms. The summed E-state index contributed by atoms with van der Waals surface area (Å²) in [4.78, 5) is 12.0. The van der Waals surface area contributed by atoms with Crippen molar-refractivity contribution in [3.8, 4) is 0 Å². The minimum atomic E-state index is 0.108. The minimum absolute atomic E-state index is 0.108. The SMILES string of the molecule is CC(Cc1ccccc1Cl)NC(=O)CCC1CCCCN1. The van der Waals surface area contributed by atoms with Crippen LogP contribution in [0.3, 0.4) is 0 Å². The lowest BCUT2D eigenvalue weighted by Crippen LogP contribution is -2.37. The Balaban J connectivity index is 1.70. The molecule has 0 bridgehead atoms. The van der Waals surface area contributed by atoms with Crippen molar-refractivity contribution in [1.82, 2.24) is 10.6 Å². The van der Waals surface area contributed by atoms with Crippen LogP contribution in [0.2, 0.25) is 5.02 Å². The van der Waals surface area contributed by atoms with E-state index in [-0.39, 0.29) is 11.9 Å². The maximum Gasteiger partial charge on any atom is 0.220 e. The van der Waals surface area contributed by atoms with E-state index in [0.29, 0.717) is 12.5 Å². The second kappa shape index (κ2) is 8.40. The Hall–Kier alpha value is -1.06. The van der Waals surface area contributed by atoms with Gasteiger partial charge in [0.1, 0.15) is 0 Å². The first-order chi connectivity index (χ1) is 10.1. The van der Waals surface area contributed by atoms with E-state index in [4.69, 9.17) is 11.6 Å². The molecule has 0 radical (unpaired) electrons. The molecule has 1 aliphatic heterocycles. The first-order valence-corrected chi connectivity index (χ1v) is 8.29. The molecule has 1 aliphatic rings. The second-order valence-electron chi connectivity index (χ2n) is 5.95. The number of rotatable bonds is 6. The van der Waals surface area contributed by atoms with Gasteiger partial charge in [0.15, 0.2) is 0 Å². The zero-order chi connectivity index (χ0) is 15.1. The van der Waals surface area contributed by atoms with Crippen LogP contribution in [0.4, 0.5) is 0 Å². The van der Waals surface area contributed by atoms with Crippen molar-refractivity contribution >= 4 is 17.5 Å². The van der Waals surface area contributed by atoms with Crippen LogP contribution in [-0.4, -0.2) is 24.5 Å². The highest BCUT2D eigenvalue weighted by atomic mass is 35.5. The smallest absolute Gasteiger partial charge is 0.220 e. The van der Waals surface area contributed by atoms with Gasteiger partial charge in [-0.1, -0.05) is 36.2 Å². The molecule has 0 aliphatic carbocycles. The number of halogens is 1. The normalized spacial score (nSPS) is 20.0. The van der Waals surface area contributed by atoms with E-state index in [9.17, 15) is 4.79 Å². The molecule has 2 N–H and O–H groups in total. The number of benzene rings is 1. The Bertz CT molecular complexity index is 458. The van der Waals surface area contributed by atoms with Crippen molar-refractivity contribution in [2.45, 2.75) is 57.5 Å². The third-order valence-corrected chi connectivity index (χ3v) is 4.39. The van der Waals surface area contributed by atoms with Gasteiger partial charge in [-0.3, -0.25) is 4.79 Å². The molecule has 1 heterocycles. The fourth-order valence-electron chi connectivity index (χ4n) is 2.87. The molecule has 116 valence electrons. The molecule has 2 atom stereocenters. The number of hydrogen-bond donors (Lipinski definition) is 2. The summed E-state index contributed by atoms with van der Waals surface area (Å²) in [5.41, 5.74) is 1.08. The summed E-state index contributed by atoms with van der Waals surface area (Å²) in [7, 11) is 0. The number of carbonyl (C=O) groups excluding carboxylic acids is 1. The molecule has 1 aromatic carbocycles.